The molecule has 0 radical (unpaired) electrons. The molecule has 0 aliphatic rings. The molecule has 0 saturated heterocycles. The second-order valence-corrected chi connectivity index (χ2v) is 6.04. The van der Waals surface area contributed by atoms with E-state index in [2.05, 4.69) is 26.2 Å². The third kappa shape index (κ3) is 3.59. The van der Waals surface area contributed by atoms with Crippen LogP contribution in [0.15, 0.2) is 34.2 Å². The lowest BCUT2D eigenvalue weighted by Crippen LogP contribution is -2.20. The first-order chi connectivity index (χ1) is 9.41. The molecule has 0 bridgehead atoms. The molecule has 1 N–H and O–H groups in total. The summed E-state index contributed by atoms with van der Waals surface area (Å²) in [6, 6.07) is 3.46. The molecule has 2 rings (SSSR count). The Labute approximate surface area is 127 Å². The lowest BCUT2D eigenvalue weighted by Gasteiger charge is -2.19. The Morgan fingerprint density at radius 2 is 2.15 bits per heavy atom. The predicted molar refractivity (Wildman–Crippen MR) is 76.8 cm³/mol. The fourth-order valence-electron chi connectivity index (χ4n) is 1.88. The van der Waals surface area contributed by atoms with Crippen molar-refractivity contribution in [3.63, 3.8) is 0 Å². The maximum atomic E-state index is 12.8. The summed E-state index contributed by atoms with van der Waals surface area (Å²) in [5.41, 5.74) is -0.0624. The van der Waals surface area contributed by atoms with E-state index in [0.717, 1.165) is 11.1 Å². The number of hydrogen-bond acceptors (Lipinski definition) is 3. The van der Waals surface area contributed by atoms with Crippen molar-refractivity contribution in [2.45, 2.75) is 18.6 Å². The molecule has 7 heteroatoms. The van der Waals surface area contributed by atoms with E-state index in [-0.39, 0.29) is 6.04 Å². The Kier molecular flexibility index (Phi) is 4.82. The normalized spacial score (nSPS) is 13.4. The number of thiazole rings is 1. The second kappa shape index (κ2) is 6.24. The number of alkyl halides is 3. The molecule has 20 heavy (non-hydrogen) atoms. The van der Waals surface area contributed by atoms with Crippen molar-refractivity contribution in [1.82, 2.24) is 10.3 Å². The van der Waals surface area contributed by atoms with Crippen molar-refractivity contribution >= 4 is 27.3 Å². The van der Waals surface area contributed by atoms with Crippen LogP contribution in [0.2, 0.25) is 0 Å². The van der Waals surface area contributed by atoms with Crippen LogP contribution in [0.5, 0.6) is 0 Å². The highest BCUT2D eigenvalue weighted by atomic mass is 79.9. The highest BCUT2D eigenvalue weighted by molar-refractivity contribution is 9.10. The SMILES string of the molecule is CNC(Cc1nccs1)c1cc(C(F)(F)F)ccc1Br. The molecular weight excluding hydrogens is 353 g/mol. The number of rotatable bonds is 4. The van der Waals surface area contributed by atoms with Gasteiger partial charge in [-0.2, -0.15) is 13.2 Å². The van der Waals surface area contributed by atoms with Gasteiger partial charge in [0.05, 0.1) is 10.6 Å². The summed E-state index contributed by atoms with van der Waals surface area (Å²) >= 11 is 4.81. The van der Waals surface area contributed by atoms with Gasteiger partial charge in [0.25, 0.3) is 0 Å². The Balaban J connectivity index is 2.33. The molecule has 1 heterocycles. The third-order valence-corrected chi connectivity index (χ3v) is 4.43. The molecule has 1 aromatic heterocycles. The Morgan fingerprint density at radius 1 is 1.40 bits per heavy atom. The first-order valence-electron chi connectivity index (χ1n) is 5.84. The molecule has 108 valence electrons. The number of hydrogen-bond donors (Lipinski definition) is 1. The average Bonchev–Trinajstić information content (AvgIpc) is 2.88. The lowest BCUT2D eigenvalue weighted by atomic mass is 10.0. The quantitative estimate of drug-likeness (QED) is 0.867. The first-order valence-corrected chi connectivity index (χ1v) is 7.51. The van der Waals surface area contributed by atoms with E-state index in [0.29, 0.717) is 16.5 Å². The van der Waals surface area contributed by atoms with Crippen LogP contribution in [0.4, 0.5) is 13.2 Å². The fraction of sp³-hybridized carbons (Fsp3) is 0.308. The molecule has 0 spiro atoms. The minimum Gasteiger partial charge on any atom is -0.313 e. The van der Waals surface area contributed by atoms with Crippen molar-refractivity contribution in [2.75, 3.05) is 7.05 Å². The van der Waals surface area contributed by atoms with E-state index in [9.17, 15) is 13.2 Å². The van der Waals surface area contributed by atoms with E-state index >= 15 is 0 Å². The molecule has 0 aliphatic heterocycles. The van der Waals surface area contributed by atoms with Crippen LogP contribution < -0.4 is 5.32 Å². The first kappa shape index (κ1) is 15.5. The standard InChI is InChI=1S/C13H12BrF3N2S/c1-18-11(7-12-19-4-5-20-12)9-6-8(13(15,16)17)2-3-10(9)14/h2-6,11,18H,7H2,1H3. The lowest BCUT2D eigenvalue weighted by molar-refractivity contribution is -0.137. The van der Waals surface area contributed by atoms with E-state index in [1.165, 1.54) is 23.5 Å². The van der Waals surface area contributed by atoms with Gasteiger partial charge < -0.3 is 5.32 Å². The molecule has 2 nitrogen and oxygen atoms in total. The summed E-state index contributed by atoms with van der Waals surface area (Å²) in [6.07, 6.45) is -2.10. The van der Waals surface area contributed by atoms with Crippen LogP contribution in [0, 0.1) is 0 Å². The van der Waals surface area contributed by atoms with Crippen LogP contribution in [0.1, 0.15) is 22.2 Å². The van der Waals surface area contributed by atoms with Crippen molar-refractivity contribution in [1.29, 1.82) is 0 Å². The van der Waals surface area contributed by atoms with Gasteiger partial charge in [-0.05, 0) is 30.8 Å². The van der Waals surface area contributed by atoms with Gasteiger partial charge >= 0.3 is 6.18 Å². The molecule has 1 atom stereocenters. The van der Waals surface area contributed by atoms with Crippen molar-refractivity contribution in [2.24, 2.45) is 0 Å². The van der Waals surface area contributed by atoms with Gasteiger partial charge in [0.2, 0.25) is 0 Å². The van der Waals surface area contributed by atoms with Gasteiger partial charge in [0.1, 0.15) is 0 Å². The minimum absolute atomic E-state index is 0.224. The second-order valence-electron chi connectivity index (χ2n) is 4.21. The number of halogens is 4. The Hall–Kier alpha value is -0.920. The summed E-state index contributed by atoms with van der Waals surface area (Å²) < 4.78 is 39.0. The monoisotopic (exact) mass is 364 g/mol. The molecule has 1 aromatic carbocycles. The molecule has 0 amide bonds. The van der Waals surface area contributed by atoms with Crippen molar-refractivity contribution < 1.29 is 13.2 Å². The smallest absolute Gasteiger partial charge is 0.313 e. The van der Waals surface area contributed by atoms with E-state index in [1.807, 2.05) is 5.38 Å². The highest BCUT2D eigenvalue weighted by Gasteiger charge is 2.31. The molecule has 0 saturated carbocycles. The Morgan fingerprint density at radius 3 is 2.70 bits per heavy atom. The maximum Gasteiger partial charge on any atom is 0.416 e. The average molecular weight is 365 g/mol. The van der Waals surface area contributed by atoms with Crippen LogP contribution >= 0.6 is 27.3 Å². The largest absolute Gasteiger partial charge is 0.416 e. The minimum atomic E-state index is -4.34. The summed E-state index contributed by atoms with van der Waals surface area (Å²) in [6.45, 7) is 0. The zero-order valence-corrected chi connectivity index (χ0v) is 12.9. The number of nitrogens with zero attached hydrogens (tertiary/aromatic N) is 1. The number of aromatic nitrogens is 1. The van der Waals surface area contributed by atoms with Gasteiger partial charge in [0.15, 0.2) is 0 Å². The summed E-state index contributed by atoms with van der Waals surface area (Å²) in [5, 5.41) is 5.78. The number of nitrogens with one attached hydrogen (secondary N) is 1. The molecular formula is C13H12BrF3N2S. The molecule has 0 aliphatic carbocycles. The van der Waals surface area contributed by atoms with Crippen LogP contribution in [0.3, 0.4) is 0 Å². The fourth-order valence-corrected chi connectivity index (χ4v) is 3.07. The highest BCUT2D eigenvalue weighted by Crippen LogP contribution is 2.34. The van der Waals surface area contributed by atoms with Gasteiger partial charge in [0, 0.05) is 28.5 Å². The van der Waals surface area contributed by atoms with Gasteiger partial charge in [-0.3, -0.25) is 0 Å². The van der Waals surface area contributed by atoms with Crippen LogP contribution in [-0.4, -0.2) is 12.0 Å². The van der Waals surface area contributed by atoms with E-state index < -0.39 is 11.7 Å². The zero-order chi connectivity index (χ0) is 14.8. The number of likely N-dealkylation sites (N-methyl/N-ethyl adjacent to an activating group) is 1. The Bertz CT molecular complexity index is 569. The topological polar surface area (TPSA) is 24.9 Å². The summed E-state index contributed by atoms with van der Waals surface area (Å²) in [5.74, 6) is 0. The molecule has 1 unspecified atom stereocenters. The van der Waals surface area contributed by atoms with Gasteiger partial charge in [-0.15, -0.1) is 11.3 Å². The van der Waals surface area contributed by atoms with Crippen molar-refractivity contribution in [3.05, 3.63) is 50.4 Å². The van der Waals surface area contributed by atoms with Crippen LogP contribution in [0.25, 0.3) is 0 Å². The molecule has 2 aromatic rings. The van der Waals surface area contributed by atoms with Crippen LogP contribution in [-0.2, 0) is 12.6 Å². The van der Waals surface area contributed by atoms with Gasteiger partial charge in [-0.25, -0.2) is 4.98 Å². The predicted octanol–water partition coefficient (Wildman–Crippen LogP) is 4.43. The van der Waals surface area contributed by atoms with Crippen molar-refractivity contribution in [3.8, 4) is 0 Å². The van der Waals surface area contributed by atoms with E-state index in [4.69, 9.17) is 0 Å². The number of benzene rings is 1. The zero-order valence-electron chi connectivity index (χ0n) is 10.5. The summed E-state index contributed by atoms with van der Waals surface area (Å²) in [4.78, 5) is 4.17. The molecule has 0 fully saturated rings. The van der Waals surface area contributed by atoms with Gasteiger partial charge in [-0.1, -0.05) is 15.9 Å². The maximum absolute atomic E-state index is 12.8. The third-order valence-electron chi connectivity index (χ3n) is 2.91. The van der Waals surface area contributed by atoms with E-state index in [1.54, 1.807) is 13.2 Å². The summed E-state index contributed by atoms with van der Waals surface area (Å²) in [7, 11) is 1.73.